The highest BCUT2D eigenvalue weighted by molar-refractivity contribution is 8.00. The molecule has 2 N–H and O–H groups in total. The van der Waals surface area contributed by atoms with Gasteiger partial charge in [-0.05, 0) is 66.2 Å². The summed E-state index contributed by atoms with van der Waals surface area (Å²) in [5.41, 5.74) is 1.62. The molecule has 2 aliphatic heterocycles. The summed E-state index contributed by atoms with van der Waals surface area (Å²) in [5.74, 6) is -1.95. The molecule has 3 heterocycles. The first-order valence-electron chi connectivity index (χ1n) is 12.5. The number of phenolic OH excluding ortho intramolecular Hbond substituents is 1. The number of hydrogen-bond acceptors (Lipinski definition) is 8. The zero-order valence-electron chi connectivity index (χ0n) is 21.4. The third-order valence-corrected chi connectivity index (χ3v) is 9.92. The highest BCUT2D eigenvalue weighted by atomic mass is 35.5. The normalized spacial score (nSPS) is 19.6. The van der Waals surface area contributed by atoms with E-state index in [1.165, 1.54) is 21.6 Å². The van der Waals surface area contributed by atoms with Crippen LogP contribution in [0.15, 0.2) is 82.6 Å². The van der Waals surface area contributed by atoms with Gasteiger partial charge in [-0.25, -0.2) is 4.90 Å². The Bertz CT molecular complexity index is 1720. The number of nitrogens with one attached hydrogen (secondary N) is 1. The van der Waals surface area contributed by atoms with E-state index in [0.717, 1.165) is 23.1 Å². The molecule has 208 valence electrons. The molecular formula is C29H22ClN3O6S2. The van der Waals surface area contributed by atoms with E-state index >= 15 is 0 Å². The highest BCUT2D eigenvalue weighted by Crippen LogP contribution is 2.54. The molecule has 0 unspecified atom stereocenters. The number of carbonyl (C=O) groups is 3. The fraction of sp³-hybridized carbons (Fsp3) is 0.172. The van der Waals surface area contributed by atoms with Crippen molar-refractivity contribution in [2.75, 3.05) is 17.3 Å². The molecule has 3 amide bonds. The summed E-state index contributed by atoms with van der Waals surface area (Å²) >= 11 is 8.12. The number of thiazole rings is 1. The van der Waals surface area contributed by atoms with Crippen molar-refractivity contribution in [2.24, 2.45) is 5.92 Å². The van der Waals surface area contributed by atoms with Gasteiger partial charge >= 0.3 is 4.87 Å². The molecule has 1 fully saturated rings. The number of halogens is 1. The molecule has 41 heavy (non-hydrogen) atoms. The summed E-state index contributed by atoms with van der Waals surface area (Å²) in [6.07, 6.45) is 0. The molecule has 1 aromatic heterocycles. The molecule has 2 aliphatic rings. The second kappa shape index (κ2) is 10.7. The fourth-order valence-corrected chi connectivity index (χ4v) is 8.06. The van der Waals surface area contributed by atoms with Crippen LogP contribution in [0.25, 0.3) is 0 Å². The minimum Gasteiger partial charge on any atom is -0.508 e. The third kappa shape index (κ3) is 4.90. The van der Waals surface area contributed by atoms with Crippen molar-refractivity contribution in [2.45, 2.75) is 22.7 Å². The Balaban J connectivity index is 1.38. The number of aromatic nitrogens is 1. The Labute approximate surface area is 247 Å². The van der Waals surface area contributed by atoms with Crippen LogP contribution in [0.4, 0.5) is 11.4 Å². The van der Waals surface area contributed by atoms with Gasteiger partial charge in [-0.1, -0.05) is 46.8 Å². The number of nitrogens with zero attached hydrogens (tertiary/aromatic N) is 2. The molecule has 0 radical (unpaired) electrons. The van der Waals surface area contributed by atoms with Crippen LogP contribution in [0.5, 0.6) is 11.5 Å². The topological polar surface area (TPSA) is 118 Å². The lowest BCUT2D eigenvalue weighted by molar-refractivity contribution is -0.122. The van der Waals surface area contributed by atoms with Crippen LogP contribution in [-0.4, -0.2) is 39.8 Å². The molecule has 12 heteroatoms. The first-order valence-corrected chi connectivity index (χ1v) is 14.6. The van der Waals surface area contributed by atoms with Gasteiger partial charge in [0, 0.05) is 21.5 Å². The number of benzene rings is 3. The molecule has 6 rings (SSSR count). The smallest absolute Gasteiger partial charge is 0.308 e. The molecule has 0 spiro atoms. The van der Waals surface area contributed by atoms with Crippen LogP contribution >= 0.6 is 34.7 Å². The maximum Gasteiger partial charge on any atom is 0.308 e. The van der Waals surface area contributed by atoms with E-state index in [4.69, 9.17) is 16.3 Å². The van der Waals surface area contributed by atoms with E-state index in [1.54, 1.807) is 67.8 Å². The van der Waals surface area contributed by atoms with E-state index in [0.29, 0.717) is 37.6 Å². The first kappa shape index (κ1) is 27.1. The summed E-state index contributed by atoms with van der Waals surface area (Å²) in [6, 6.07) is 19.6. The number of hydrogen-bond donors (Lipinski definition) is 2. The number of imide groups is 1. The van der Waals surface area contributed by atoms with Crippen molar-refractivity contribution in [1.29, 1.82) is 0 Å². The molecule has 0 aliphatic carbocycles. The number of aromatic hydroxyl groups is 1. The predicted octanol–water partition coefficient (Wildman–Crippen LogP) is 4.71. The number of amides is 3. The number of phenols is 1. The molecule has 0 saturated carbocycles. The van der Waals surface area contributed by atoms with Crippen molar-refractivity contribution < 1.29 is 24.2 Å². The highest BCUT2D eigenvalue weighted by Gasteiger charge is 2.56. The lowest BCUT2D eigenvalue weighted by atomic mass is 9.83. The Morgan fingerprint density at radius 2 is 1.66 bits per heavy atom. The summed E-state index contributed by atoms with van der Waals surface area (Å²) in [7, 11) is 1.55. The number of ether oxygens (including phenoxy) is 1. The summed E-state index contributed by atoms with van der Waals surface area (Å²) in [6.45, 7) is -0.271. The number of fused-ring (bicyclic) bond motifs is 2. The van der Waals surface area contributed by atoms with Gasteiger partial charge in [0.2, 0.25) is 17.7 Å². The van der Waals surface area contributed by atoms with E-state index in [-0.39, 0.29) is 23.1 Å². The number of carbonyl (C=O) groups excluding carboxylic acids is 3. The van der Waals surface area contributed by atoms with Gasteiger partial charge < -0.3 is 15.2 Å². The second-order valence-corrected chi connectivity index (χ2v) is 12.1. The lowest BCUT2D eigenvalue weighted by Gasteiger charge is -2.30. The van der Waals surface area contributed by atoms with Gasteiger partial charge in [-0.3, -0.25) is 23.7 Å². The largest absolute Gasteiger partial charge is 0.508 e. The minimum absolute atomic E-state index is 0.0493. The van der Waals surface area contributed by atoms with Crippen LogP contribution in [0.3, 0.4) is 0 Å². The lowest BCUT2D eigenvalue weighted by Crippen LogP contribution is -2.33. The van der Waals surface area contributed by atoms with Crippen LogP contribution < -0.4 is 19.8 Å². The SMILES string of the molecule is COc1ccc(NC(=O)Cn2c3c(sc2=O)[C@@H](c2ccc(O)cc2)[C@H]2C(=O)N(c4ccc(Cl)cc4)C(=O)[C@H]2S3)cc1. The second-order valence-electron chi connectivity index (χ2n) is 9.52. The van der Waals surface area contributed by atoms with E-state index in [1.807, 2.05) is 0 Å². The van der Waals surface area contributed by atoms with Crippen molar-refractivity contribution in [3.05, 3.63) is 97.9 Å². The maximum absolute atomic E-state index is 13.9. The van der Waals surface area contributed by atoms with Crippen molar-refractivity contribution in [3.8, 4) is 11.5 Å². The van der Waals surface area contributed by atoms with Crippen LogP contribution in [0.2, 0.25) is 5.02 Å². The third-order valence-electron chi connectivity index (χ3n) is 7.06. The molecule has 9 nitrogen and oxygen atoms in total. The van der Waals surface area contributed by atoms with Crippen molar-refractivity contribution in [3.63, 3.8) is 0 Å². The number of anilines is 2. The molecule has 1 saturated heterocycles. The zero-order valence-corrected chi connectivity index (χ0v) is 23.8. The first-order chi connectivity index (χ1) is 19.7. The quantitative estimate of drug-likeness (QED) is 0.305. The number of thioether (sulfide) groups is 1. The maximum atomic E-state index is 13.9. The Kier molecular flexibility index (Phi) is 7.10. The van der Waals surface area contributed by atoms with Gasteiger partial charge in [0.1, 0.15) is 23.3 Å². The van der Waals surface area contributed by atoms with E-state index in [9.17, 15) is 24.3 Å². The monoisotopic (exact) mass is 607 g/mol. The Hall–Kier alpha value is -4.06. The van der Waals surface area contributed by atoms with Gasteiger partial charge in [0.15, 0.2) is 0 Å². The summed E-state index contributed by atoms with van der Waals surface area (Å²) in [4.78, 5) is 55.3. The van der Waals surface area contributed by atoms with Gasteiger partial charge in [0.05, 0.1) is 23.7 Å². The average molecular weight is 608 g/mol. The van der Waals surface area contributed by atoms with Crippen molar-refractivity contribution in [1.82, 2.24) is 4.57 Å². The standard InChI is InChI=1S/C29H22ClN3O6S2/c1-39-20-12-6-17(7-13-20)31-21(35)14-32-28-25(41-29(32)38)22(15-2-10-19(34)11-3-15)23-24(40-28)27(37)33(26(23)36)18-8-4-16(30)5-9-18/h2-13,22-24,34H,14H2,1H3,(H,31,35)/t22-,23+,24-/m0/s1. The summed E-state index contributed by atoms with van der Waals surface area (Å²) in [5, 5.41) is 12.8. The molecular weight excluding hydrogens is 586 g/mol. The predicted molar refractivity (Wildman–Crippen MR) is 157 cm³/mol. The number of methoxy groups -OCH3 is 1. The van der Waals surface area contributed by atoms with Crippen LogP contribution in [-0.2, 0) is 20.9 Å². The molecule has 3 aromatic carbocycles. The average Bonchev–Trinajstić information content (AvgIpc) is 3.40. The molecule has 3 atom stereocenters. The Morgan fingerprint density at radius 3 is 2.32 bits per heavy atom. The molecule has 4 aromatic rings. The summed E-state index contributed by atoms with van der Waals surface area (Å²) < 4.78 is 6.50. The number of rotatable bonds is 6. The van der Waals surface area contributed by atoms with Crippen LogP contribution in [0, 0.1) is 5.92 Å². The zero-order chi connectivity index (χ0) is 28.8. The van der Waals surface area contributed by atoms with Crippen LogP contribution in [0.1, 0.15) is 16.4 Å². The fourth-order valence-electron chi connectivity index (χ4n) is 5.16. The van der Waals surface area contributed by atoms with Gasteiger partial charge in [-0.15, -0.1) is 0 Å². The van der Waals surface area contributed by atoms with Crippen molar-refractivity contribution >= 4 is 63.8 Å². The Morgan fingerprint density at radius 1 is 0.976 bits per heavy atom. The van der Waals surface area contributed by atoms with E-state index < -0.39 is 28.9 Å². The van der Waals surface area contributed by atoms with Gasteiger partial charge in [-0.2, -0.15) is 0 Å². The van der Waals surface area contributed by atoms with Gasteiger partial charge in [0.25, 0.3) is 0 Å². The van der Waals surface area contributed by atoms with E-state index in [2.05, 4.69) is 5.32 Å². The minimum atomic E-state index is -0.825. The molecule has 0 bridgehead atoms.